The van der Waals surface area contributed by atoms with Gasteiger partial charge in [0.25, 0.3) is 0 Å². The van der Waals surface area contributed by atoms with E-state index in [1.807, 2.05) is 0 Å². The molecule has 1 heterocycles. The molecule has 0 spiro atoms. The van der Waals surface area contributed by atoms with Crippen molar-refractivity contribution in [3.63, 3.8) is 0 Å². The van der Waals surface area contributed by atoms with Gasteiger partial charge >= 0.3 is 0 Å². The lowest BCUT2D eigenvalue weighted by Gasteiger charge is -2.15. The number of methoxy groups -OCH3 is 2. The van der Waals surface area contributed by atoms with Gasteiger partial charge in [0.05, 0.1) is 20.3 Å². The highest BCUT2D eigenvalue weighted by atomic mass is 35.5. The molecular formula is C15H17Cl2NO4. The summed E-state index contributed by atoms with van der Waals surface area (Å²) in [7, 11) is 3.11. The van der Waals surface area contributed by atoms with Crippen molar-refractivity contribution in [1.29, 1.82) is 0 Å². The van der Waals surface area contributed by atoms with Crippen LogP contribution >= 0.6 is 23.2 Å². The Bertz CT molecular complexity index is 617. The van der Waals surface area contributed by atoms with Crippen molar-refractivity contribution >= 4 is 23.2 Å². The SMILES string of the molecule is COc1ccc([C@@H](O)Cc2c(Cl)c[nH+]cc2Cl)cc1OC.[OH-]. The number of H-pyrrole nitrogens is 1. The Labute approximate surface area is 138 Å². The Morgan fingerprint density at radius 2 is 1.68 bits per heavy atom. The van der Waals surface area contributed by atoms with Crippen LogP contribution in [0.2, 0.25) is 10.0 Å². The summed E-state index contributed by atoms with van der Waals surface area (Å²) in [6.45, 7) is 0. The van der Waals surface area contributed by atoms with E-state index in [-0.39, 0.29) is 5.48 Å². The molecule has 22 heavy (non-hydrogen) atoms. The van der Waals surface area contributed by atoms with E-state index in [4.69, 9.17) is 32.7 Å². The minimum atomic E-state index is -0.748. The topological polar surface area (TPSA) is 82.8 Å². The van der Waals surface area contributed by atoms with Crippen LogP contribution in [0.5, 0.6) is 11.5 Å². The molecule has 0 bridgehead atoms. The molecule has 0 saturated carbocycles. The van der Waals surface area contributed by atoms with Gasteiger partial charge in [-0.2, -0.15) is 0 Å². The van der Waals surface area contributed by atoms with Gasteiger partial charge in [-0.25, -0.2) is 4.98 Å². The number of halogens is 2. The third-order valence-electron chi connectivity index (χ3n) is 3.19. The molecule has 7 heteroatoms. The summed E-state index contributed by atoms with van der Waals surface area (Å²) in [5.41, 5.74) is 1.40. The van der Waals surface area contributed by atoms with Crippen molar-refractivity contribution in [3.05, 3.63) is 51.8 Å². The van der Waals surface area contributed by atoms with Crippen LogP contribution in [-0.4, -0.2) is 24.8 Å². The van der Waals surface area contributed by atoms with Crippen LogP contribution in [0.1, 0.15) is 17.2 Å². The van der Waals surface area contributed by atoms with Crippen LogP contribution in [0.15, 0.2) is 30.6 Å². The summed E-state index contributed by atoms with van der Waals surface area (Å²) in [5.74, 6) is 1.17. The summed E-state index contributed by atoms with van der Waals surface area (Å²) in [6.07, 6.45) is 2.82. The molecule has 1 aromatic carbocycles. The maximum atomic E-state index is 10.4. The first-order valence-corrected chi connectivity index (χ1v) is 7.06. The Morgan fingerprint density at radius 1 is 1.09 bits per heavy atom. The molecule has 0 unspecified atom stereocenters. The van der Waals surface area contributed by atoms with Gasteiger partial charge < -0.3 is 20.1 Å². The van der Waals surface area contributed by atoms with Gasteiger partial charge in [0.15, 0.2) is 23.9 Å². The minimum Gasteiger partial charge on any atom is -0.870 e. The quantitative estimate of drug-likeness (QED) is 0.902. The lowest BCUT2D eigenvalue weighted by molar-refractivity contribution is -0.377. The molecule has 0 fully saturated rings. The van der Waals surface area contributed by atoms with E-state index < -0.39 is 6.10 Å². The van der Waals surface area contributed by atoms with E-state index in [1.54, 1.807) is 44.8 Å². The Hall–Kier alpha value is -1.53. The molecular weight excluding hydrogens is 329 g/mol. The highest BCUT2D eigenvalue weighted by Gasteiger charge is 2.17. The molecule has 1 aromatic heterocycles. The average molecular weight is 346 g/mol. The summed E-state index contributed by atoms with van der Waals surface area (Å²) in [5, 5.41) is 11.4. The number of ether oxygens (including phenoxy) is 2. The molecule has 0 amide bonds. The van der Waals surface area contributed by atoms with E-state index in [0.717, 1.165) is 0 Å². The standard InChI is InChI=1S/C15H15Cl2NO3.H2O/c1-20-14-4-3-9(5-15(14)21-2)13(19)6-10-11(16)7-18-8-12(10)17;/h3-5,7-8,13,19H,6H2,1-2H3;1H2/t13-;/m0./s1. The number of hydrogen-bond donors (Lipinski definition) is 1. The van der Waals surface area contributed by atoms with E-state index in [9.17, 15) is 5.11 Å². The van der Waals surface area contributed by atoms with E-state index in [0.29, 0.717) is 39.1 Å². The Morgan fingerprint density at radius 3 is 2.23 bits per heavy atom. The maximum absolute atomic E-state index is 10.4. The smallest absolute Gasteiger partial charge is 0.186 e. The Balaban J connectivity index is 0.00000242. The second kappa shape index (κ2) is 8.19. The van der Waals surface area contributed by atoms with Gasteiger partial charge in [-0.1, -0.05) is 29.3 Å². The molecule has 0 radical (unpaired) electrons. The Kier molecular flexibility index (Phi) is 6.90. The zero-order chi connectivity index (χ0) is 15.4. The van der Waals surface area contributed by atoms with Crippen LogP contribution in [-0.2, 0) is 6.42 Å². The first kappa shape index (κ1) is 18.5. The molecule has 0 aliphatic heterocycles. The molecule has 0 saturated heterocycles. The summed E-state index contributed by atoms with van der Waals surface area (Å²) in [4.78, 5) is 2.83. The lowest BCUT2D eigenvalue weighted by atomic mass is 10.0. The van der Waals surface area contributed by atoms with Crippen molar-refractivity contribution < 1.29 is 25.0 Å². The zero-order valence-electron chi connectivity index (χ0n) is 12.1. The number of aromatic nitrogens is 1. The van der Waals surface area contributed by atoms with Gasteiger partial charge in [0.2, 0.25) is 0 Å². The molecule has 120 valence electrons. The van der Waals surface area contributed by atoms with Crippen molar-refractivity contribution in [2.45, 2.75) is 12.5 Å². The normalized spacial score (nSPS) is 11.5. The molecule has 1 atom stereocenters. The van der Waals surface area contributed by atoms with E-state index >= 15 is 0 Å². The highest BCUT2D eigenvalue weighted by Crippen LogP contribution is 2.32. The summed E-state index contributed by atoms with van der Waals surface area (Å²) in [6, 6.07) is 5.27. The average Bonchev–Trinajstić information content (AvgIpc) is 2.50. The monoisotopic (exact) mass is 345 g/mol. The maximum Gasteiger partial charge on any atom is 0.186 e. The number of pyridine rings is 1. The summed E-state index contributed by atoms with van der Waals surface area (Å²) >= 11 is 12.2. The fraction of sp³-hybridized carbons (Fsp3) is 0.267. The van der Waals surface area contributed by atoms with E-state index in [2.05, 4.69) is 4.98 Å². The third kappa shape index (κ3) is 4.01. The van der Waals surface area contributed by atoms with E-state index in [1.165, 1.54) is 0 Å². The van der Waals surface area contributed by atoms with Crippen LogP contribution in [0.25, 0.3) is 0 Å². The van der Waals surface area contributed by atoms with Crippen LogP contribution in [0.4, 0.5) is 0 Å². The second-order valence-electron chi connectivity index (χ2n) is 4.46. The molecule has 5 nitrogen and oxygen atoms in total. The summed E-state index contributed by atoms with van der Waals surface area (Å²) < 4.78 is 10.4. The fourth-order valence-corrected chi connectivity index (χ4v) is 2.57. The minimum absolute atomic E-state index is 0. The van der Waals surface area contributed by atoms with Crippen LogP contribution in [0, 0.1) is 0 Å². The zero-order valence-corrected chi connectivity index (χ0v) is 13.6. The van der Waals surface area contributed by atoms with Gasteiger partial charge in [-0.3, -0.25) is 0 Å². The van der Waals surface area contributed by atoms with Gasteiger partial charge in [-0.05, 0) is 17.7 Å². The molecule has 2 aromatic rings. The number of nitrogens with one attached hydrogen (secondary N) is 1. The molecule has 0 aliphatic rings. The van der Waals surface area contributed by atoms with Crippen molar-refractivity contribution in [2.24, 2.45) is 0 Å². The van der Waals surface area contributed by atoms with Gasteiger partial charge in [-0.15, -0.1) is 0 Å². The number of aliphatic hydroxyl groups is 1. The number of aliphatic hydroxyl groups excluding tert-OH is 1. The second-order valence-corrected chi connectivity index (χ2v) is 5.28. The first-order chi connectivity index (χ1) is 10.1. The fourth-order valence-electron chi connectivity index (χ4n) is 2.04. The van der Waals surface area contributed by atoms with Crippen LogP contribution in [0.3, 0.4) is 0 Å². The molecule has 3 N–H and O–H groups in total. The van der Waals surface area contributed by atoms with Gasteiger partial charge in [0, 0.05) is 12.0 Å². The van der Waals surface area contributed by atoms with Gasteiger partial charge in [0.1, 0.15) is 10.0 Å². The van der Waals surface area contributed by atoms with Crippen molar-refractivity contribution in [3.8, 4) is 11.5 Å². The largest absolute Gasteiger partial charge is 0.870 e. The number of benzene rings is 1. The van der Waals surface area contributed by atoms with Crippen molar-refractivity contribution in [2.75, 3.05) is 14.2 Å². The third-order valence-corrected chi connectivity index (χ3v) is 3.86. The number of aromatic amines is 1. The molecule has 0 aliphatic carbocycles. The molecule has 2 rings (SSSR count). The predicted molar refractivity (Wildman–Crippen MR) is 83.2 cm³/mol. The first-order valence-electron chi connectivity index (χ1n) is 6.30. The highest BCUT2D eigenvalue weighted by molar-refractivity contribution is 6.35. The predicted octanol–water partition coefficient (Wildman–Crippen LogP) is 2.92. The van der Waals surface area contributed by atoms with Crippen molar-refractivity contribution in [1.82, 2.24) is 0 Å². The van der Waals surface area contributed by atoms with Crippen LogP contribution < -0.4 is 14.5 Å². The number of hydrogen-bond acceptors (Lipinski definition) is 4. The number of rotatable bonds is 5. The lowest BCUT2D eigenvalue weighted by Crippen LogP contribution is -2.07.